The van der Waals surface area contributed by atoms with Gasteiger partial charge in [0.25, 0.3) is 0 Å². The molecule has 7 heteroatoms. The fourth-order valence-corrected chi connectivity index (χ4v) is 4.88. The summed E-state index contributed by atoms with van der Waals surface area (Å²) in [4.78, 5) is 12.9. The Balaban J connectivity index is 1.84. The smallest absolute Gasteiger partial charge is 0.243 e. The number of sulfonamides is 1. The first-order chi connectivity index (χ1) is 13.0. The largest absolute Gasteiger partial charge is 0.493 e. The SMILES string of the molecule is COc1ccc(S(=O)(=O)N2CCCC(C(=O)c3ccccc3)C2)cc1OC. The van der Waals surface area contributed by atoms with Gasteiger partial charge in [-0.2, -0.15) is 4.31 Å². The lowest BCUT2D eigenvalue weighted by Crippen LogP contribution is -2.42. The number of ether oxygens (including phenoxy) is 2. The second-order valence-electron chi connectivity index (χ2n) is 6.45. The van der Waals surface area contributed by atoms with Crippen LogP contribution in [-0.2, 0) is 10.0 Å². The van der Waals surface area contributed by atoms with E-state index in [9.17, 15) is 13.2 Å². The van der Waals surface area contributed by atoms with Crippen LogP contribution in [0.4, 0.5) is 0 Å². The Morgan fingerprint density at radius 1 is 1.04 bits per heavy atom. The van der Waals surface area contributed by atoms with Crippen LogP contribution in [0.25, 0.3) is 0 Å². The highest BCUT2D eigenvalue weighted by molar-refractivity contribution is 7.89. The summed E-state index contributed by atoms with van der Waals surface area (Å²) in [7, 11) is -0.764. The minimum atomic E-state index is -3.72. The summed E-state index contributed by atoms with van der Waals surface area (Å²) in [6.45, 7) is 0.583. The van der Waals surface area contributed by atoms with Crippen molar-refractivity contribution in [2.45, 2.75) is 17.7 Å². The molecule has 1 unspecified atom stereocenters. The Bertz CT molecular complexity index is 911. The summed E-state index contributed by atoms with van der Waals surface area (Å²) in [6, 6.07) is 13.5. The molecule has 0 saturated carbocycles. The normalized spacial score (nSPS) is 18.1. The van der Waals surface area contributed by atoms with Crippen molar-refractivity contribution in [3.05, 3.63) is 54.1 Å². The summed E-state index contributed by atoms with van der Waals surface area (Å²) in [5.41, 5.74) is 0.618. The number of hydrogen-bond acceptors (Lipinski definition) is 5. The Morgan fingerprint density at radius 2 is 1.74 bits per heavy atom. The predicted molar refractivity (Wildman–Crippen MR) is 102 cm³/mol. The van der Waals surface area contributed by atoms with Crippen molar-refractivity contribution in [3.63, 3.8) is 0 Å². The van der Waals surface area contributed by atoms with Gasteiger partial charge in [-0.1, -0.05) is 30.3 Å². The third-order valence-electron chi connectivity index (χ3n) is 4.81. The zero-order valence-corrected chi connectivity index (χ0v) is 16.2. The molecule has 2 aromatic rings. The van der Waals surface area contributed by atoms with E-state index in [1.807, 2.05) is 18.2 Å². The number of methoxy groups -OCH3 is 2. The molecule has 0 spiro atoms. The van der Waals surface area contributed by atoms with E-state index in [1.165, 1.54) is 30.7 Å². The van der Waals surface area contributed by atoms with Gasteiger partial charge in [0, 0.05) is 30.6 Å². The molecule has 1 saturated heterocycles. The number of hydrogen-bond donors (Lipinski definition) is 0. The lowest BCUT2D eigenvalue weighted by molar-refractivity contribution is 0.0872. The van der Waals surface area contributed by atoms with Crippen LogP contribution < -0.4 is 9.47 Å². The van der Waals surface area contributed by atoms with Crippen molar-refractivity contribution in [2.75, 3.05) is 27.3 Å². The van der Waals surface area contributed by atoms with Gasteiger partial charge in [-0.25, -0.2) is 8.42 Å². The molecule has 0 aromatic heterocycles. The van der Waals surface area contributed by atoms with Crippen molar-refractivity contribution in [2.24, 2.45) is 5.92 Å². The van der Waals surface area contributed by atoms with Crippen LogP contribution in [0.5, 0.6) is 11.5 Å². The highest BCUT2D eigenvalue weighted by Gasteiger charge is 2.34. The lowest BCUT2D eigenvalue weighted by atomic mass is 9.91. The molecule has 0 N–H and O–H groups in total. The minimum absolute atomic E-state index is 0.0113. The molecule has 0 bridgehead atoms. The van der Waals surface area contributed by atoms with E-state index in [0.29, 0.717) is 36.4 Å². The van der Waals surface area contributed by atoms with E-state index in [-0.39, 0.29) is 23.1 Å². The van der Waals surface area contributed by atoms with Gasteiger partial charge in [0.2, 0.25) is 10.0 Å². The van der Waals surface area contributed by atoms with Gasteiger partial charge in [-0.15, -0.1) is 0 Å². The number of carbonyl (C=O) groups excluding carboxylic acids is 1. The zero-order valence-electron chi connectivity index (χ0n) is 15.4. The van der Waals surface area contributed by atoms with Gasteiger partial charge >= 0.3 is 0 Å². The molecule has 6 nitrogen and oxygen atoms in total. The molecule has 1 fully saturated rings. The maximum Gasteiger partial charge on any atom is 0.243 e. The van der Waals surface area contributed by atoms with Crippen molar-refractivity contribution in [1.29, 1.82) is 0 Å². The number of piperidine rings is 1. The molecule has 1 aliphatic heterocycles. The number of benzene rings is 2. The third kappa shape index (κ3) is 3.99. The van der Waals surface area contributed by atoms with Crippen LogP contribution in [-0.4, -0.2) is 45.8 Å². The van der Waals surface area contributed by atoms with Gasteiger partial charge in [-0.3, -0.25) is 4.79 Å². The van der Waals surface area contributed by atoms with Crippen LogP contribution >= 0.6 is 0 Å². The quantitative estimate of drug-likeness (QED) is 0.710. The minimum Gasteiger partial charge on any atom is -0.493 e. The summed E-state index contributed by atoms with van der Waals surface area (Å²) >= 11 is 0. The molecule has 144 valence electrons. The van der Waals surface area contributed by atoms with Gasteiger partial charge < -0.3 is 9.47 Å². The molecule has 0 aliphatic carbocycles. The molecular formula is C20H23NO5S. The molecule has 1 heterocycles. The summed E-state index contributed by atoms with van der Waals surface area (Å²) in [5.74, 6) is 0.471. The summed E-state index contributed by atoms with van der Waals surface area (Å²) < 4.78 is 37.9. The summed E-state index contributed by atoms with van der Waals surface area (Å²) in [6.07, 6.45) is 1.33. The number of nitrogens with zero attached hydrogens (tertiary/aromatic N) is 1. The Hall–Kier alpha value is -2.38. The van der Waals surface area contributed by atoms with Gasteiger partial charge in [0.15, 0.2) is 17.3 Å². The van der Waals surface area contributed by atoms with Crippen molar-refractivity contribution in [3.8, 4) is 11.5 Å². The van der Waals surface area contributed by atoms with Gasteiger partial charge in [0.1, 0.15) is 0 Å². The van der Waals surface area contributed by atoms with Crippen LogP contribution in [0.2, 0.25) is 0 Å². The Labute approximate surface area is 159 Å². The van der Waals surface area contributed by atoms with Crippen LogP contribution in [0.15, 0.2) is 53.4 Å². The molecule has 27 heavy (non-hydrogen) atoms. The summed E-state index contributed by atoms with van der Waals surface area (Å²) in [5, 5.41) is 0. The Morgan fingerprint density at radius 3 is 2.41 bits per heavy atom. The van der Waals surface area contributed by atoms with Crippen LogP contribution in [0, 0.1) is 5.92 Å². The monoisotopic (exact) mass is 389 g/mol. The van der Waals surface area contributed by atoms with Crippen molar-refractivity contribution < 1.29 is 22.7 Å². The molecule has 0 radical (unpaired) electrons. The van der Waals surface area contributed by atoms with Crippen molar-refractivity contribution in [1.82, 2.24) is 4.31 Å². The molecule has 2 aromatic carbocycles. The predicted octanol–water partition coefficient (Wildman–Crippen LogP) is 2.99. The lowest BCUT2D eigenvalue weighted by Gasteiger charge is -2.31. The first kappa shape index (κ1) is 19.4. The Kier molecular flexibility index (Phi) is 5.82. The number of rotatable bonds is 6. The molecule has 1 atom stereocenters. The molecular weight excluding hydrogens is 366 g/mol. The van der Waals surface area contributed by atoms with E-state index in [0.717, 1.165) is 0 Å². The van der Waals surface area contributed by atoms with Crippen LogP contribution in [0.1, 0.15) is 23.2 Å². The van der Waals surface area contributed by atoms with E-state index >= 15 is 0 Å². The maximum absolute atomic E-state index is 13.1. The fourth-order valence-electron chi connectivity index (χ4n) is 3.34. The van der Waals surface area contributed by atoms with E-state index in [4.69, 9.17) is 9.47 Å². The number of Topliss-reactive ketones (excluding diaryl/α,β-unsaturated/α-hetero) is 1. The number of ketones is 1. The van der Waals surface area contributed by atoms with Crippen LogP contribution in [0.3, 0.4) is 0 Å². The maximum atomic E-state index is 13.1. The second-order valence-corrected chi connectivity index (χ2v) is 8.39. The zero-order chi connectivity index (χ0) is 19.4. The average molecular weight is 389 g/mol. The first-order valence-electron chi connectivity index (χ1n) is 8.79. The molecule has 1 aliphatic rings. The highest BCUT2D eigenvalue weighted by Crippen LogP contribution is 2.32. The molecule has 3 rings (SSSR count). The van der Waals surface area contributed by atoms with E-state index in [1.54, 1.807) is 18.2 Å². The van der Waals surface area contributed by atoms with E-state index in [2.05, 4.69) is 0 Å². The topological polar surface area (TPSA) is 72.9 Å². The first-order valence-corrected chi connectivity index (χ1v) is 10.2. The number of carbonyl (C=O) groups is 1. The highest BCUT2D eigenvalue weighted by atomic mass is 32.2. The van der Waals surface area contributed by atoms with Crippen molar-refractivity contribution >= 4 is 15.8 Å². The average Bonchev–Trinajstić information content (AvgIpc) is 2.73. The van der Waals surface area contributed by atoms with Gasteiger partial charge in [0.05, 0.1) is 19.1 Å². The standard InChI is InChI=1S/C20H23NO5S/c1-25-18-11-10-17(13-19(18)26-2)27(23,24)21-12-6-9-16(14-21)20(22)15-7-4-3-5-8-15/h3-5,7-8,10-11,13,16H,6,9,12,14H2,1-2H3. The van der Waals surface area contributed by atoms with E-state index < -0.39 is 10.0 Å². The van der Waals surface area contributed by atoms with Gasteiger partial charge in [-0.05, 0) is 25.0 Å². The third-order valence-corrected chi connectivity index (χ3v) is 6.67. The fraction of sp³-hybridized carbons (Fsp3) is 0.350. The molecule has 0 amide bonds. The second kappa shape index (κ2) is 8.10.